The van der Waals surface area contributed by atoms with Gasteiger partial charge in [0.1, 0.15) is 11.4 Å². The van der Waals surface area contributed by atoms with Crippen LogP contribution in [0.3, 0.4) is 0 Å². The summed E-state index contributed by atoms with van der Waals surface area (Å²) in [7, 11) is 4.07. The number of imide groups is 1. The summed E-state index contributed by atoms with van der Waals surface area (Å²) in [6.07, 6.45) is 1.82. The quantitative estimate of drug-likeness (QED) is 0.625. The zero-order valence-corrected chi connectivity index (χ0v) is 20.2. The Labute approximate surface area is 196 Å². The number of benzene rings is 2. The number of likely N-dealkylation sites (N-methyl/N-ethyl adjacent to an activating group) is 1. The van der Waals surface area contributed by atoms with Crippen LogP contribution in [0.5, 0.6) is 5.75 Å². The molecule has 0 unspecified atom stereocenters. The molecule has 0 radical (unpaired) electrons. The number of nitrogens with zero attached hydrogens (tertiary/aromatic N) is 3. The molecule has 0 aromatic heterocycles. The van der Waals surface area contributed by atoms with Crippen LogP contribution in [0.4, 0.5) is 5.69 Å². The highest BCUT2D eigenvalue weighted by atomic mass is 16.5. The van der Waals surface area contributed by atoms with Gasteiger partial charge < -0.3 is 14.5 Å². The van der Waals surface area contributed by atoms with E-state index in [1.54, 1.807) is 12.1 Å². The van der Waals surface area contributed by atoms with Crippen LogP contribution in [-0.4, -0.2) is 60.9 Å². The maximum absolute atomic E-state index is 13.9. The fourth-order valence-electron chi connectivity index (χ4n) is 4.60. The van der Waals surface area contributed by atoms with Crippen molar-refractivity contribution in [2.24, 2.45) is 0 Å². The number of likely N-dealkylation sites (tertiary alicyclic amines) is 1. The van der Waals surface area contributed by atoms with Crippen LogP contribution in [0.1, 0.15) is 37.8 Å². The van der Waals surface area contributed by atoms with Gasteiger partial charge in [-0.05, 0) is 71.4 Å². The standard InChI is InChI=1S/C27H33N3O3/c1-18(2)33-23-9-7-6-8-22(23)30-26(31)24(20-12-10-19(3)11-13-20)25(27(30)32)29(5)21-14-16-28(4)17-15-21/h6-13,18,21H,14-17H2,1-5H3. The number of hydrogen-bond donors (Lipinski definition) is 0. The van der Waals surface area contributed by atoms with Gasteiger partial charge in [0.2, 0.25) is 0 Å². The van der Waals surface area contributed by atoms with E-state index in [2.05, 4.69) is 11.9 Å². The first-order chi connectivity index (χ1) is 15.8. The molecule has 2 heterocycles. The number of hydrogen-bond acceptors (Lipinski definition) is 5. The van der Waals surface area contributed by atoms with Gasteiger partial charge in [-0.25, -0.2) is 4.90 Å². The van der Waals surface area contributed by atoms with Crippen molar-refractivity contribution < 1.29 is 14.3 Å². The molecule has 174 valence electrons. The molecular formula is C27H33N3O3. The average molecular weight is 448 g/mol. The van der Waals surface area contributed by atoms with Crippen LogP contribution in [0.2, 0.25) is 0 Å². The minimum atomic E-state index is -0.307. The molecule has 0 bridgehead atoms. The SMILES string of the molecule is Cc1ccc(C2=C(N(C)C3CCN(C)CC3)C(=O)N(c3ccccc3OC(C)C)C2=O)cc1. The van der Waals surface area contributed by atoms with Crippen LogP contribution >= 0.6 is 0 Å². The Balaban J connectivity index is 1.79. The lowest BCUT2D eigenvalue weighted by molar-refractivity contribution is -0.120. The summed E-state index contributed by atoms with van der Waals surface area (Å²) < 4.78 is 5.95. The van der Waals surface area contributed by atoms with Crippen molar-refractivity contribution >= 4 is 23.1 Å². The molecular weight excluding hydrogens is 414 g/mol. The van der Waals surface area contributed by atoms with Crippen LogP contribution < -0.4 is 9.64 Å². The van der Waals surface area contributed by atoms with Gasteiger partial charge >= 0.3 is 0 Å². The van der Waals surface area contributed by atoms with Gasteiger partial charge in [-0.2, -0.15) is 0 Å². The van der Waals surface area contributed by atoms with Crippen molar-refractivity contribution in [2.75, 3.05) is 32.1 Å². The average Bonchev–Trinajstić information content (AvgIpc) is 3.04. The van der Waals surface area contributed by atoms with Gasteiger partial charge in [0.25, 0.3) is 11.8 Å². The lowest BCUT2D eigenvalue weighted by atomic mass is 9.99. The van der Waals surface area contributed by atoms with Crippen LogP contribution in [0, 0.1) is 6.92 Å². The number of aryl methyl sites for hydroxylation is 1. The minimum Gasteiger partial charge on any atom is -0.489 e. The van der Waals surface area contributed by atoms with Crippen molar-refractivity contribution in [3.05, 3.63) is 65.4 Å². The van der Waals surface area contributed by atoms with Crippen LogP contribution in [-0.2, 0) is 9.59 Å². The van der Waals surface area contributed by atoms with Crippen molar-refractivity contribution in [3.63, 3.8) is 0 Å². The molecule has 0 saturated carbocycles. The van der Waals surface area contributed by atoms with Gasteiger partial charge in [0.15, 0.2) is 0 Å². The first-order valence-electron chi connectivity index (χ1n) is 11.6. The largest absolute Gasteiger partial charge is 0.489 e. The number of carbonyl (C=O) groups is 2. The second kappa shape index (κ2) is 9.40. The number of rotatable bonds is 6. The molecule has 0 aliphatic carbocycles. The van der Waals surface area contributed by atoms with E-state index in [1.165, 1.54) is 4.90 Å². The summed E-state index contributed by atoms with van der Waals surface area (Å²) in [6.45, 7) is 7.81. The summed E-state index contributed by atoms with van der Waals surface area (Å²) >= 11 is 0. The molecule has 2 amide bonds. The Morgan fingerprint density at radius 2 is 1.61 bits per heavy atom. The number of piperidine rings is 1. The molecule has 6 nitrogen and oxygen atoms in total. The van der Waals surface area contributed by atoms with Crippen molar-refractivity contribution in [3.8, 4) is 5.75 Å². The molecule has 0 atom stereocenters. The molecule has 0 N–H and O–H groups in total. The minimum absolute atomic E-state index is 0.0788. The fraction of sp³-hybridized carbons (Fsp3) is 0.407. The number of para-hydroxylation sites is 2. The van der Waals surface area contributed by atoms with E-state index in [9.17, 15) is 9.59 Å². The summed E-state index contributed by atoms with van der Waals surface area (Å²) in [6, 6.07) is 15.3. The molecule has 1 saturated heterocycles. The van der Waals surface area contributed by atoms with E-state index in [-0.39, 0.29) is 24.0 Å². The maximum Gasteiger partial charge on any atom is 0.282 e. The summed E-state index contributed by atoms with van der Waals surface area (Å²) in [5, 5.41) is 0. The first kappa shape index (κ1) is 23.1. The normalized spacial score (nSPS) is 17.9. The smallest absolute Gasteiger partial charge is 0.282 e. The zero-order valence-electron chi connectivity index (χ0n) is 20.2. The number of amides is 2. The highest BCUT2D eigenvalue weighted by molar-refractivity contribution is 6.45. The molecule has 4 rings (SSSR count). The third-order valence-corrected chi connectivity index (χ3v) is 6.46. The Kier molecular flexibility index (Phi) is 6.56. The molecule has 0 spiro atoms. The molecule has 6 heteroatoms. The summed E-state index contributed by atoms with van der Waals surface area (Å²) in [5.41, 5.74) is 3.28. The maximum atomic E-state index is 13.9. The molecule has 33 heavy (non-hydrogen) atoms. The third-order valence-electron chi connectivity index (χ3n) is 6.46. The van der Waals surface area contributed by atoms with Gasteiger partial charge in [-0.15, -0.1) is 0 Å². The third kappa shape index (κ3) is 4.53. The summed E-state index contributed by atoms with van der Waals surface area (Å²) in [5.74, 6) is -0.0732. The van der Waals surface area contributed by atoms with Crippen LogP contribution in [0.25, 0.3) is 5.57 Å². The van der Waals surface area contributed by atoms with Gasteiger partial charge in [-0.3, -0.25) is 9.59 Å². The van der Waals surface area contributed by atoms with E-state index in [0.717, 1.165) is 37.1 Å². The van der Waals surface area contributed by atoms with Crippen molar-refractivity contribution in [2.45, 2.75) is 45.8 Å². The Bertz CT molecular complexity index is 1070. The Morgan fingerprint density at radius 3 is 2.24 bits per heavy atom. The van der Waals surface area contributed by atoms with Crippen LogP contribution in [0.15, 0.2) is 54.2 Å². The van der Waals surface area contributed by atoms with Gasteiger partial charge in [0.05, 0.1) is 17.4 Å². The second-order valence-corrected chi connectivity index (χ2v) is 9.32. The van der Waals surface area contributed by atoms with E-state index < -0.39 is 0 Å². The lowest BCUT2D eigenvalue weighted by Gasteiger charge is -2.36. The zero-order chi connectivity index (χ0) is 23.7. The van der Waals surface area contributed by atoms with E-state index in [0.29, 0.717) is 22.7 Å². The molecule has 2 aliphatic rings. The monoisotopic (exact) mass is 447 g/mol. The number of carbonyl (C=O) groups excluding carboxylic acids is 2. The van der Waals surface area contributed by atoms with Gasteiger partial charge in [0, 0.05) is 13.1 Å². The van der Waals surface area contributed by atoms with E-state index >= 15 is 0 Å². The number of anilines is 1. The first-order valence-corrected chi connectivity index (χ1v) is 11.6. The highest BCUT2D eigenvalue weighted by Gasteiger charge is 2.44. The fourth-order valence-corrected chi connectivity index (χ4v) is 4.60. The Morgan fingerprint density at radius 1 is 0.970 bits per heavy atom. The summed E-state index contributed by atoms with van der Waals surface area (Å²) in [4.78, 5) is 33.4. The lowest BCUT2D eigenvalue weighted by Crippen LogP contribution is -2.43. The molecule has 1 fully saturated rings. The second-order valence-electron chi connectivity index (χ2n) is 9.32. The predicted octanol–water partition coefficient (Wildman–Crippen LogP) is 4.09. The van der Waals surface area contributed by atoms with Crippen molar-refractivity contribution in [1.82, 2.24) is 9.80 Å². The highest BCUT2D eigenvalue weighted by Crippen LogP contribution is 2.39. The van der Waals surface area contributed by atoms with E-state index in [1.807, 2.05) is 69.1 Å². The van der Waals surface area contributed by atoms with Crippen molar-refractivity contribution in [1.29, 1.82) is 0 Å². The Hall–Kier alpha value is -3.12. The van der Waals surface area contributed by atoms with E-state index in [4.69, 9.17) is 4.74 Å². The van der Waals surface area contributed by atoms with Gasteiger partial charge in [-0.1, -0.05) is 42.0 Å². The molecule has 2 aromatic rings. The topological polar surface area (TPSA) is 53.1 Å². The number of ether oxygens (including phenoxy) is 1. The molecule has 2 aliphatic heterocycles. The molecule has 2 aromatic carbocycles. The predicted molar refractivity (Wildman–Crippen MR) is 131 cm³/mol.